The highest BCUT2D eigenvalue weighted by Crippen LogP contribution is 2.30. The standard InChI is InChI=1S/C33H28F3N3O3/c1-19-21(3)39(18-22-8-10-23(11-9-22)26-6-4-5-7-27(26)32(41)42)29-14-12-24(16-28(19)29)31(40)38-20(2)25-13-15-30(37-17-25)33(34,35)36/h4-17,20H,18H2,1-3H3,(H,38,40)(H,41,42)/t20-/m0/s1. The smallest absolute Gasteiger partial charge is 0.433 e. The first-order valence-electron chi connectivity index (χ1n) is 13.3. The van der Waals surface area contributed by atoms with Gasteiger partial charge in [-0.15, -0.1) is 0 Å². The molecule has 2 N–H and O–H groups in total. The third-order valence-electron chi connectivity index (χ3n) is 7.59. The molecule has 3 aromatic carbocycles. The molecule has 0 aliphatic carbocycles. The summed E-state index contributed by atoms with van der Waals surface area (Å²) in [4.78, 5) is 28.2. The van der Waals surface area contributed by atoms with Crippen molar-refractivity contribution in [3.05, 3.63) is 124 Å². The van der Waals surface area contributed by atoms with E-state index < -0.39 is 23.9 Å². The van der Waals surface area contributed by atoms with Crippen LogP contribution in [-0.4, -0.2) is 26.5 Å². The summed E-state index contributed by atoms with van der Waals surface area (Å²) in [7, 11) is 0. The van der Waals surface area contributed by atoms with Crippen LogP contribution >= 0.6 is 0 Å². The van der Waals surface area contributed by atoms with Gasteiger partial charge in [-0.3, -0.25) is 9.78 Å². The largest absolute Gasteiger partial charge is 0.478 e. The molecule has 0 aliphatic heterocycles. The zero-order chi connectivity index (χ0) is 30.2. The maximum atomic E-state index is 13.1. The number of nitrogens with one attached hydrogen (secondary N) is 1. The number of benzene rings is 3. The van der Waals surface area contributed by atoms with Crippen LogP contribution in [0.2, 0.25) is 0 Å². The van der Waals surface area contributed by atoms with Gasteiger partial charge in [0.25, 0.3) is 5.91 Å². The normalized spacial score (nSPS) is 12.3. The lowest BCUT2D eigenvalue weighted by atomic mass is 9.99. The molecule has 5 rings (SSSR count). The van der Waals surface area contributed by atoms with Crippen molar-refractivity contribution in [1.82, 2.24) is 14.9 Å². The Labute approximate surface area is 240 Å². The van der Waals surface area contributed by atoms with E-state index in [4.69, 9.17) is 0 Å². The number of hydrogen-bond donors (Lipinski definition) is 2. The Morgan fingerprint density at radius 2 is 1.69 bits per heavy atom. The fourth-order valence-electron chi connectivity index (χ4n) is 5.08. The Morgan fingerprint density at radius 3 is 2.33 bits per heavy atom. The third-order valence-corrected chi connectivity index (χ3v) is 7.59. The van der Waals surface area contributed by atoms with Crippen LogP contribution in [-0.2, 0) is 12.7 Å². The van der Waals surface area contributed by atoms with Gasteiger partial charge >= 0.3 is 12.1 Å². The van der Waals surface area contributed by atoms with Gasteiger partial charge in [0.2, 0.25) is 0 Å². The zero-order valence-electron chi connectivity index (χ0n) is 23.2. The second-order valence-electron chi connectivity index (χ2n) is 10.2. The van der Waals surface area contributed by atoms with Crippen LogP contribution in [0, 0.1) is 13.8 Å². The highest BCUT2D eigenvalue weighted by atomic mass is 19.4. The number of aryl methyl sites for hydroxylation is 1. The molecule has 0 fully saturated rings. The molecule has 0 saturated carbocycles. The topological polar surface area (TPSA) is 84.2 Å². The summed E-state index contributed by atoms with van der Waals surface area (Å²) >= 11 is 0. The molecule has 1 amide bonds. The van der Waals surface area contributed by atoms with Gasteiger partial charge in [0.1, 0.15) is 5.69 Å². The van der Waals surface area contributed by atoms with E-state index >= 15 is 0 Å². The lowest BCUT2D eigenvalue weighted by Crippen LogP contribution is -2.26. The minimum atomic E-state index is -4.52. The summed E-state index contributed by atoms with van der Waals surface area (Å²) in [6.45, 7) is 6.29. The van der Waals surface area contributed by atoms with E-state index in [1.807, 2.05) is 56.3 Å². The number of alkyl halides is 3. The number of halogens is 3. The summed E-state index contributed by atoms with van der Waals surface area (Å²) in [5.74, 6) is -1.31. The van der Waals surface area contributed by atoms with E-state index in [2.05, 4.69) is 14.9 Å². The quantitative estimate of drug-likeness (QED) is 0.211. The summed E-state index contributed by atoms with van der Waals surface area (Å²) in [5.41, 5.74) is 5.73. The molecular formula is C33H28F3N3O3. The van der Waals surface area contributed by atoms with Gasteiger partial charge in [0.05, 0.1) is 11.6 Å². The minimum absolute atomic E-state index is 0.249. The first kappa shape index (κ1) is 28.6. The maximum Gasteiger partial charge on any atom is 0.433 e. The number of pyridine rings is 1. The second kappa shape index (κ2) is 11.2. The summed E-state index contributed by atoms with van der Waals surface area (Å²) < 4.78 is 40.7. The number of fused-ring (bicyclic) bond motifs is 1. The van der Waals surface area contributed by atoms with E-state index in [1.165, 1.54) is 6.07 Å². The number of carboxylic acid groups (broad SMARTS) is 1. The van der Waals surface area contributed by atoms with Crippen molar-refractivity contribution in [3.8, 4) is 11.1 Å². The second-order valence-corrected chi connectivity index (χ2v) is 10.2. The Morgan fingerprint density at radius 1 is 0.976 bits per heavy atom. The average Bonchev–Trinajstić information content (AvgIpc) is 3.21. The summed E-state index contributed by atoms with van der Waals surface area (Å²) in [6.07, 6.45) is -3.40. The van der Waals surface area contributed by atoms with Gasteiger partial charge in [0.15, 0.2) is 0 Å². The number of hydrogen-bond acceptors (Lipinski definition) is 3. The molecule has 0 bridgehead atoms. The fourth-order valence-corrected chi connectivity index (χ4v) is 5.08. The van der Waals surface area contributed by atoms with Gasteiger partial charge in [-0.2, -0.15) is 13.2 Å². The van der Waals surface area contributed by atoms with Crippen molar-refractivity contribution < 1.29 is 27.9 Å². The Kier molecular flexibility index (Phi) is 7.60. The highest BCUT2D eigenvalue weighted by Gasteiger charge is 2.32. The molecule has 2 heterocycles. The van der Waals surface area contributed by atoms with E-state index in [1.54, 1.807) is 31.2 Å². The molecule has 0 radical (unpaired) electrons. The molecular weight excluding hydrogens is 543 g/mol. The molecule has 0 saturated heterocycles. The van der Waals surface area contributed by atoms with Crippen LogP contribution in [0.25, 0.3) is 22.0 Å². The van der Waals surface area contributed by atoms with Gasteiger partial charge < -0.3 is 15.0 Å². The average molecular weight is 572 g/mol. The molecule has 42 heavy (non-hydrogen) atoms. The van der Waals surface area contributed by atoms with Crippen molar-refractivity contribution in [1.29, 1.82) is 0 Å². The van der Waals surface area contributed by atoms with Gasteiger partial charge in [-0.05, 0) is 78.9 Å². The predicted molar refractivity (Wildman–Crippen MR) is 154 cm³/mol. The van der Waals surface area contributed by atoms with Crippen LogP contribution in [0.15, 0.2) is 85.1 Å². The van der Waals surface area contributed by atoms with E-state index in [9.17, 15) is 27.9 Å². The Hall–Kier alpha value is -4.92. The van der Waals surface area contributed by atoms with Crippen LogP contribution in [0.5, 0.6) is 0 Å². The summed E-state index contributed by atoms with van der Waals surface area (Å²) in [5, 5.41) is 13.3. The predicted octanol–water partition coefficient (Wildman–Crippen LogP) is 7.58. The number of carboxylic acids is 1. The lowest BCUT2D eigenvalue weighted by Gasteiger charge is -2.15. The molecule has 0 spiro atoms. The monoisotopic (exact) mass is 571 g/mol. The van der Waals surface area contributed by atoms with Gasteiger partial charge in [-0.25, -0.2) is 4.79 Å². The SMILES string of the molecule is Cc1c(C)n(Cc2ccc(-c3ccccc3C(=O)O)cc2)c2ccc(C(=O)N[C@@H](C)c3ccc(C(F)(F)F)nc3)cc12. The molecule has 9 heteroatoms. The lowest BCUT2D eigenvalue weighted by molar-refractivity contribution is -0.141. The van der Waals surface area contributed by atoms with Crippen LogP contribution in [0.3, 0.4) is 0 Å². The van der Waals surface area contributed by atoms with Crippen molar-refractivity contribution in [2.45, 2.75) is 39.5 Å². The number of amides is 1. The number of aromatic nitrogens is 2. The molecule has 0 aliphatic rings. The van der Waals surface area contributed by atoms with Crippen molar-refractivity contribution in [2.75, 3.05) is 0 Å². The van der Waals surface area contributed by atoms with E-state index in [0.29, 0.717) is 23.2 Å². The molecule has 214 valence electrons. The molecule has 6 nitrogen and oxygen atoms in total. The maximum absolute atomic E-state index is 13.1. The highest BCUT2D eigenvalue weighted by molar-refractivity contribution is 5.99. The first-order valence-corrected chi connectivity index (χ1v) is 13.3. The Balaban J connectivity index is 1.35. The van der Waals surface area contributed by atoms with Gasteiger partial charge in [-0.1, -0.05) is 48.5 Å². The fraction of sp³-hybridized carbons (Fsp3) is 0.182. The zero-order valence-corrected chi connectivity index (χ0v) is 23.2. The van der Waals surface area contributed by atoms with Crippen molar-refractivity contribution in [2.24, 2.45) is 0 Å². The van der Waals surface area contributed by atoms with Crippen LogP contribution < -0.4 is 5.32 Å². The van der Waals surface area contributed by atoms with Crippen molar-refractivity contribution >= 4 is 22.8 Å². The molecule has 1 atom stereocenters. The number of carbonyl (C=O) groups excluding carboxylic acids is 1. The first-order chi connectivity index (χ1) is 19.9. The summed E-state index contributed by atoms with van der Waals surface area (Å²) in [6, 6.07) is 21.8. The number of rotatable bonds is 7. The molecule has 2 aromatic heterocycles. The van der Waals surface area contributed by atoms with Crippen LogP contribution in [0.1, 0.15) is 61.8 Å². The number of nitrogens with zero attached hydrogens (tertiary/aromatic N) is 2. The minimum Gasteiger partial charge on any atom is -0.478 e. The Bertz CT molecular complexity index is 1790. The molecule has 5 aromatic rings. The van der Waals surface area contributed by atoms with E-state index in [-0.39, 0.29) is 11.5 Å². The number of carbonyl (C=O) groups is 2. The van der Waals surface area contributed by atoms with Crippen molar-refractivity contribution in [3.63, 3.8) is 0 Å². The number of aromatic carboxylic acids is 1. The van der Waals surface area contributed by atoms with Crippen LogP contribution in [0.4, 0.5) is 13.2 Å². The van der Waals surface area contributed by atoms with E-state index in [0.717, 1.165) is 45.6 Å². The molecule has 0 unspecified atom stereocenters. The third kappa shape index (κ3) is 5.63. The van der Waals surface area contributed by atoms with Gasteiger partial charge in [0, 0.05) is 34.9 Å².